The number of rotatable bonds is 4. The minimum absolute atomic E-state index is 0.197. The number of amides is 1. The molecule has 0 bridgehead atoms. The van der Waals surface area contributed by atoms with Gasteiger partial charge in [-0.2, -0.15) is 0 Å². The Morgan fingerprint density at radius 2 is 2.04 bits per heavy atom. The summed E-state index contributed by atoms with van der Waals surface area (Å²) in [6, 6.07) is 7.91. The fourth-order valence-corrected chi connectivity index (χ4v) is 3.24. The second kappa shape index (κ2) is 6.42. The topological polar surface area (TPSA) is 67.8 Å². The molecule has 0 aliphatic heterocycles. The highest BCUT2D eigenvalue weighted by atomic mass is 32.1. The van der Waals surface area contributed by atoms with Gasteiger partial charge in [0.25, 0.3) is 5.91 Å². The van der Waals surface area contributed by atoms with E-state index in [1.54, 1.807) is 0 Å². The van der Waals surface area contributed by atoms with Crippen LogP contribution in [0.3, 0.4) is 0 Å². The molecule has 3 aromatic rings. The number of hydrogen-bond acceptors (Lipinski definition) is 5. The van der Waals surface area contributed by atoms with Crippen LogP contribution >= 0.6 is 11.3 Å². The van der Waals surface area contributed by atoms with Crippen molar-refractivity contribution < 1.29 is 4.79 Å². The number of aromatic nitrogens is 3. The molecule has 0 fully saturated rings. The van der Waals surface area contributed by atoms with Crippen LogP contribution in [-0.2, 0) is 6.42 Å². The molecule has 23 heavy (non-hydrogen) atoms. The highest BCUT2D eigenvalue weighted by Crippen LogP contribution is 2.21. The van der Waals surface area contributed by atoms with E-state index in [1.807, 2.05) is 38.1 Å². The van der Waals surface area contributed by atoms with Gasteiger partial charge in [0.05, 0.1) is 16.8 Å². The van der Waals surface area contributed by atoms with Crippen molar-refractivity contribution in [1.29, 1.82) is 0 Å². The van der Waals surface area contributed by atoms with E-state index in [-0.39, 0.29) is 5.91 Å². The van der Waals surface area contributed by atoms with Crippen molar-refractivity contribution in [3.05, 3.63) is 46.1 Å². The molecular formula is C17H18N4OS. The van der Waals surface area contributed by atoms with Gasteiger partial charge in [-0.05, 0) is 38.5 Å². The smallest absolute Gasteiger partial charge is 0.259 e. The minimum Gasteiger partial charge on any atom is -0.296 e. The van der Waals surface area contributed by atoms with Gasteiger partial charge < -0.3 is 0 Å². The van der Waals surface area contributed by atoms with E-state index in [4.69, 9.17) is 0 Å². The van der Waals surface area contributed by atoms with Crippen LogP contribution < -0.4 is 5.32 Å². The first kappa shape index (κ1) is 15.6. The maximum Gasteiger partial charge on any atom is 0.259 e. The lowest BCUT2D eigenvalue weighted by molar-refractivity contribution is 0.102. The molecule has 0 saturated carbocycles. The predicted octanol–water partition coefficient (Wildman–Crippen LogP) is 3.91. The molecule has 6 heteroatoms. The number of aryl methyl sites for hydroxylation is 3. The van der Waals surface area contributed by atoms with Crippen LogP contribution in [-0.4, -0.2) is 21.1 Å². The van der Waals surface area contributed by atoms with Crippen LogP contribution in [0.2, 0.25) is 0 Å². The first-order valence-electron chi connectivity index (χ1n) is 7.58. The second-order valence-corrected chi connectivity index (χ2v) is 6.58. The number of carbonyl (C=O) groups excluding carboxylic acids is 1. The number of fused-ring (bicyclic) bond motifs is 1. The Hall–Kier alpha value is -2.34. The van der Waals surface area contributed by atoms with Crippen molar-refractivity contribution in [1.82, 2.24) is 15.2 Å². The average Bonchev–Trinajstić information content (AvgIpc) is 2.94. The van der Waals surface area contributed by atoms with E-state index in [0.29, 0.717) is 16.4 Å². The minimum atomic E-state index is -0.197. The lowest BCUT2D eigenvalue weighted by Crippen LogP contribution is -2.14. The van der Waals surface area contributed by atoms with Gasteiger partial charge in [-0.1, -0.05) is 29.9 Å². The molecule has 5 nitrogen and oxygen atoms in total. The van der Waals surface area contributed by atoms with Crippen molar-refractivity contribution >= 4 is 33.3 Å². The number of nitrogens with one attached hydrogen (secondary N) is 1. The van der Waals surface area contributed by atoms with E-state index < -0.39 is 0 Å². The summed E-state index contributed by atoms with van der Waals surface area (Å²) in [5.41, 5.74) is 3.31. The molecule has 2 heterocycles. The van der Waals surface area contributed by atoms with Crippen LogP contribution in [0.15, 0.2) is 24.3 Å². The van der Waals surface area contributed by atoms with Crippen LogP contribution in [0.4, 0.5) is 5.13 Å². The summed E-state index contributed by atoms with van der Waals surface area (Å²) in [6.45, 7) is 5.96. The number of pyridine rings is 1. The Morgan fingerprint density at radius 1 is 1.22 bits per heavy atom. The summed E-state index contributed by atoms with van der Waals surface area (Å²) < 4.78 is 0. The van der Waals surface area contributed by atoms with E-state index in [1.165, 1.54) is 11.3 Å². The normalized spacial score (nSPS) is 10.9. The molecule has 0 spiro atoms. The van der Waals surface area contributed by atoms with E-state index >= 15 is 0 Å². The van der Waals surface area contributed by atoms with E-state index in [2.05, 4.69) is 27.4 Å². The molecule has 0 atom stereocenters. The van der Waals surface area contributed by atoms with Crippen LogP contribution in [0.1, 0.15) is 40.0 Å². The van der Waals surface area contributed by atoms with Gasteiger partial charge in [0.15, 0.2) is 0 Å². The summed E-state index contributed by atoms with van der Waals surface area (Å²) in [6.07, 6.45) is 1.89. The van der Waals surface area contributed by atoms with Crippen molar-refractivity contribution in [2.24, 2.45) is 0 Å². The second-order valence-electron chi connectivity index (χ2n) is 5.52. The molecule has 1 N–H and O–H groups in total. The standard InChI is InChI=1S/C17H18N4OS/c1-4-5-15-20-21-17(23-15)19-16(22)13-9-12-8-10(2)6-7-14(12)18-11(13)3/h6-9H,4-5H2,1-3H3,(H,19,21,22). The summed E-state index contributed by atoms with van der Waals surface area (Å²) in [7, 11) is 0. The van der Waals surface area contributed by atoms with Gasteiger partial charge in [-0.3, -0.25) is 15.1 Å². The Balaban J connectivity index is 1.88. The van der Waals surface area contributed by atoms with Gasteiger partial charge in [-0.15, -0.1) is 10.2 Å². The molecule has 0 radical (unpaired) electrons. The maximum atomic E-state index is 12.5. The maximum absolute atomic E-state index is 12.5. The van der Waals surface area contributed by atoms with Gasteiger partial charge in [0.2, 0.25) is 5.13 Å². The quantitative estimate of drug-likeness (QED) is 0.789. The molecule has 0 aliphatic carbocycles. The van der Waals surface area contributed by atoms with Gasteiger partial charge in [0.1, 0.15) is 5.01 Å². The fourth-order valence-electron chi connectivity index (χ4n) is 2.41. The highest BCUT2D eigenvalue weighted by Gasteiger charge is 2.14. The molecule has 3 rings (SSSR count). The number of benzene rings is 1. The molecule has 1 aromatic carbocycles. The lowest BCUT2D eigenvalue weighted by Gasteiger charge is -2.07. The van der Waals surface area contributed by atoms with Crippen LogP contribution in [0.5, 0.6) is 0 Å². The van der Waals surface area contributed by atoms with Gasteiger partial charge in [-0.25, -0.2) is 0 Å². The molecular weight excluding hydrogens is 308 g/mol. The zero-order chi connectivity index (χ0) is 16.4. The monoisotopic (exact) mass is 326 g/mol. The lowest BCUT2D eigenvalue weighted by atomic mass is 10.1. The van der Waals surface area contributed by atoms with E-state index in [9.17, 15) is 4.79 Å². The number of hydrogen-bond donors (Lipinski definition) is 1. The van der Waals surface area contributed by atoms with Crippen LogP contribution in [0.25, 0.3) is 10.9 Å². The third kappa shape index (κ3) is 3.37. The van der Waals surface area contributed by atoms with Crippen molar-refractivity contribution in [2.75, 3.05) is 5.32 Å². The third-order valence-electron chi connectivity index (χ3n) is 3.56. The predicted molar refractivity (Wildman–Crippen MR) is 93.1 cm³/mol. The van der Waals surface area contributed by atoms with Crippen molar-refractivity contribution in [3.63, 3.8) is 0 Å². The average molecular weight is 326 g/mol. The molecule has 0 unspecified atom stereocenters. The molecule has 118 valence electrons. The first-order valence-corrected chi connectivity index (χ1v) is 8.40. The summed E-state index contributed by atoms with van der Waals surface area (Å²) in [4.78, 5) is 17.0. The zero-order valence-corrected chi connectivity index (χ0v) is 14.2. The number of carbonyl (C=O) groups is 1. The Kier molecular flexibility index (Phi) is 4.34. The first-order chi connectivity index (χ1) is 11.1. The SMILES string of the molecule is CCCc1nnc(NC(=O)c2cc3cc(C)ccc3nc2C)s1. The molecule has 1 amide bonds. The summed E-state index contributed by atoms with van der Waals surface area (Å²) >= 11 is 1.42. The molecule has 2 aromatic heterocycles. The fraction of sp³-hybridized carbons (Fsp3) is 0.294. The third-order valence-corrected chi connectivity index (χ3v) is 4.46. The Morgan fingerprint density at radius 3 is 2.83 bits per heavy atom. The summed E-state index contributed by atoms with van der Waals surface area (Å²) in [5.74, 6) is -0.197. The van der Waals surface area contributed by atoms with Gasteiger partial charge >= 0.3 is 0 Å². The Labute approximate surface area is 138 Å². The molecule has 0 aliphatic rings. The van der Waals surface area contributed by atoms with E-state index in [0.717, 1.165) is 34.3 Å². The highest BCUT2D eigenvalue weighted by molar-refractivity contribution is 7.15. The largest absolute Gasteiger partial charge is 0.296 e. The number of nitrogens with zero attached hydrogens (tertiary/aromatic N) is 3. The molecule has 0 saturated heterocycles. The van der Waals surface area contributed by atoms with Crippen molar-refractivity contribution in [2.45, 2.75) is 33.6 Å². The number of anilines is 1. The van der Waals surface area contributed by atoms with Gasteiger partial charge in [0, 0.05) is 11.8 Å². The van der Waals surface area contributed by atoms with Crippen molar-refractivity contribution in [3.8, 4) is 0 Å². The summed E-state index contributed by atoms with van der Waals surface area (Å²) in [5, 5.41) is 13.3. The zero-order valence-electron chi connectivity index (χ0n) is 13.4. The Bertz CT molecular complexity index is 872. The van der Waals surface area contributed by atoms with Crippen LogP contribution in [0, 0.1) is 13.8 Å².